The predicted octanol–water partition coefficient (Wildman–Crippen LogP) is 4.73. The molecular formula is C32H39N5O6. The summed E-state index contributed by atoms with van der Waals surface area (Å²) in [6.45, 7) is 7.21. The number of likely N-dealkylation sites (tertiary alicyclic amines) is 1. The lowest BCUT2D eigenvalue weighted by Crippen LogP contribution is -2.36. The second-order valence-corrected chi connectivity index (χ2v) is 11.5. The second kappa shape index (κ2) is 13.2. The number of nitrogens with zero attached hydrogens (tertiary/aromatic N) is 4. The Morgan fingerprint density at radius 2 is 1.79 bits per heavy atom. The van der Waals surface area contributed by atoms with E-state index in [9.17, 15) is 9.90 Å². The van der Waals surface area contributed by atoms with E-state index >= 15 is 0 Å². The van der Waals surface area contributed by atoms with Crippen molar-refractivity contribution in [1.29, 1.82) is 0 Å². The topological polar surface area (TPSA) is 120 Å². The van der Waals surface area contributed by atoms with Crippen molar-refractivity contribution in [2.45, 2.75) is 51.5 Å². The molecule has 0 bridgehead atoms. The third kappa shape index (κ3) is 7.86. The van der Waals surface area contributed by atoms with Gasteiger partial charge in [-0.3, -0.25) is 0 Å². The first-order chi connectivity index (χ1) is 20.7. The number of amides is 1. The van der Waals surface area contributed by atoms with Gasteiger partial charge in [0, 0.05) is 25.3 Å². The lowest BCUT2D eigenvalue weighted by Gasteiger charge is -2.24. The molecule has 2 atom stereocenters. The minimum Gasteiger partial charge on any atom is -0.497 e. The van der Waals surface area contributed by atoms with E-state index in [2.05, 4.69) is 10.3 Å². The number of nitrogens with one attached hydrogen (secondary N) is 1. The van der Waals surface area contributed by atoms with E-state index < -0.39 is 11.7 Å². The van der Waals surface area contributed by atoms with Gasteiger partial charge in [-0.2, -0.15) is 5.10 Å². The summed E-state index contributed by atoms with van der Waals surface area (Å²) >= 11 is 0. The van der Waals surface area contributed by atoms with Gasteiger partial charge in [0.05, 0.1) is 13.7 Å². The number of carbonyl (C=O) groups is 1. The van der Waals surface area contributed by atoms with Crippen LogP contribution in [0.5, 0.6) is 17.2 Å². The number of para-hydroxylation sites is 1. The molecule has 1 amide bonds. The van der Waals surface area contributed by atoms with E-state index in [4.69, 9.17) is 24.0 Å². The van der Waals surface area contributed by atoms with Crippen molar-refractivity contribution in [3.8, 4) is 17.2 Å². The van der Waals surface area contributed by atoms with Gasteiger partial charge in [0.15, 0.2) is 11.5 Å². The number of aromatic nitrogens is 3. The summed E-state index contributed by atoms with van der Waals surface area (Å²) in [5, 5.41) is 19.7. The highest BCUT2D eigenvalue weighted by Crippen LogP contribution is 2.33. The number of methoxy groups -OCH3 is 1. The fourth-order valence-corrected chi connectivity index (χ4v) is 4.81. The van der Waals surface area contributed by atoms with Gasteiger partial charge in [-0.05, 0) is 63.1 Å². The smallest absolute Gasteiger partial charge is 0.410 e. The maximum Gasteiger partial charge on any atom is 0.410 e. The molecule has 4 aromatic rings. The average molecular weight is 590 g/mol. The van der Waals surface area contributed by atoms with Crippen LogP contribution in [0.1, 0.15) is 32.8 Å². The lowest BCUT2D eigenvalue weighted by atomic mass is 10.2. The monoisotopic (exact) mass is 589 g/mol. The number of ether oxygens (including phenoxy) is 4. The molecule has 5 rings (SSSR count). The van der Waals surface area contributed by atoms with Gasteiger partial charge < -0.3 is 34.3 Å². The third-order valence-corrected chi connectivity index (χ3v) is 6.88. The Kier molecular flexibility index (Phi) is 9.20. The highest BCUT2D eigenvalue weighted by atomic mass is 16.6. The van der Waals surface area contributed by atoms with Gasteiger partial charge in [0.1, 0.15) is 47.6 Å². The van der Waals surface area contributed by atoms with Gasteiger partial charge in [-0.1, -0.05) is 30.3 Å². The first kappa shape index (κ1) is 30.0. The van der Waals surface area contributed by atoms with Gasteiger partial charge >= 0.3 is 6.09 Å². The van der Waals surface area contributed by atoms with Gasteiger partial charge in [0.25, 0.3) is 0 Å². The number of hydrogen-bond donors (Lipinski definition) is 2. The molecule has 2 aromatic carbocycles. The second-order valence-electron chi connectivity index (χ2n) is 11.5. The Hall–Kier alpha value is -4.51. The molecule has 2 unspecified atom stereocenters. The number of fused-ring (bicyclic) bond motifs is 1. The first-order valence-corrected chi connectivity index (χ1v) is 14.4. The SMILES string of the molecule is COc1ccc(Cn2nc(NC3CCN(C(=O)OC(C)(C)C)C3)c3c(OCC(O)COc4ccccc4)ccnc32)cc1. The Morgan fingerprint density at radius 3 is 2.51 bits per heavy atom. The quantitative estimate of drug-likeness (QED) is 0.256. The highest BCUT2D eigenvalue weighted by Gasteiger charge is 2.31. The van der Waals surface area contributed by atoms with E-state index in [0.717, 1.165) is 17.7 Å². The van der Waals surface area contributed by atoms with E-state index in [0.29, 0.717) is 48.0 Å². The van der Waals surface area contributed by atoms with E-state index in [1.165, 1.54) is 0 Å². The van der Waals surface area contributed by atoms with Gasteiger partial charge in [0.2, 0.25) is 0 Å². The summed E-state index contributed by atoms with van der Waals surface area (Å²) in [5.41, 5.74) is 1.09. The summed E-state index contributed by atoms with van der Waals surface area (Å²) in [7, 11) is 1.64. The molecule has 1 fully saturated rings. The predicted molar refractivity (Wildman–Crippen MR) is 163 cm³/mol. The lowest BCUT2D eigenvalue weighted by molar-refractivity contribution is 0.0293. The molecule has 0 saturated carbocycles. The molecular weight excluding hydrogens is 550 g/mol. The number of hydrogen-bond acceptors (Lipinski definition) is 9. The molecule has 11 nitrogen and oxygen atoms in total. The number of anilines is 1. The first-order valence-electron chi connectivity index (χ1n) is 14.4. The number of rotatable bonds is 11. The summed E-state index contributed by atoms with van der Waals surface area (Å²) in [5.74, 6) is 2.58. The maximum atomic E-state index is 12.7. The normalized spacial score (nSPS) is 15.7. The van der Waals surface area contributed by atoms with Gasteiger partial charge in [-0.15, -0.1) is 0 Å². The molecule has 11 heteroatoms. The minimum absolute atomic E-state index is 0.0187. The molecule has 1 saturated heterocycles. The Bertz CT molecular complexity index is 1500. The van der Waals surface area contributed by atoms with Crippen LogP contribution in [0.2, 0.25) is 0 Å². The van der Waals surface area contributed by atoms with Crippen LogP contribution in [0, 0.1) is 0 Å². The van der Waals surface area contributed by atoms with Crippen molar-refractivity contribution in [2.24, 2.45) is 0 Å². The molecule has 1 aliphatic heterocycles. The van der Waals surface area contributed by atoms with Crippen LogP contribution in [0.15, 0.2) is 66.9 Å². The molecule has 2 aromatic heterocycles. The van der Waals surface area contributed by atoms with Crippen LogP contribution in [0.4, 0.5) is 10.6 Å². The molecule has 0 radical (unpaired) electrons. The Morgan fingerprint density at radius 1 is 1.05 bits per heavy atom. The highest BCUT2D eigenvalue weighted by molar-refractivity contribution is 5.93. The zero-order chi connectivity index (χ0) is 30.4. The maximum absolute atomic E-state index is 12.7. The number of aliphatic hydroxyl groups is 1. The summed E-state index contributed by atoms with van der Waals surface area (Å²) in [6.07, 6.45) is 1.22. The molecule has 43 heavy (non-hydrogen) atoms. The van der Waals surface area contributed by atoms with Crippen molar-refractivity contribution < 1.29 is 28.8 Å². The third-order valence-electron chi connectivity index (χ3n) is 6.88. The van der Waals surface area contributed by atoms with Gasteiger partial charge in [-0.25, -0.2) is 14.5 Å². The number of aliphatic hydroxyl groups excluding tert-OH is 1. The van der Waals surface area contributed by atoms with E-state index in [1.54, 1.807) is 24.3 Å². The number of pyridine rings is 1. The number of carbonyl (C=O) groups excluding carboxylic acids is 1. The van der Waals surface area contributed by atoms with E-state index in [1.807, 2.05) is 80.1 Å². The molecule has 228 valence electrons. The molecule has 0 aliphatic carbocycles. The standard InChI is InChI=1S/C32H39N5O6/c1-32(2,3)43-31(39)36-17-15-23(19-36)34-29-28-27(42-21-24(38)20-41-26-8-6-5-7-9-26)14-16-33-30(28)37(35-29)18-22-10-12-25(40-4)13-11-22/h5-14,16,23-24,38H,15,17-21H2,1-4H3,(H,34,35). The van der Waals surface area contributed by atoms with Crippen LogP contribution in [-0.2, 0) is 11.3 Å². The summed E-state index contributed by atoms with van der Waals surface area (Å²) in [6, 6.07) is 18.8. The fraction of sp³-hybridized carbons (Fsp3) is 0.406. The zero-order valence-electron chi connectivity index (χ0n) is 25.0. The summed E-state index contributed by atoms with van der Waals surface area (Å²) in [4.78, 5) is 19.0. The minimum atomic E-state index is -0.855. The van der Waals surface area contributed by atoms with E-state index in [-0.39, 0.29) is 25.3 Å². The van der Waals surface area contributed by atoms with Crippen molar-refractivity contribution in [3.63, 3.8) is 0 Å². The van der Waals surface area contributed by atoms with Crippen molar-refractivity contribution in [2.75, 3.05) is 38.7 Å². The van der Waals surface area contributed by atoms with Crippen molar-refractivity contribution in [3.05, 3.63) is 72.4 Å². The van der Waals surface area contributed by atoms with Crippen molar-refractivity contribution >= 4 is 22.9 Å². The van der Waals surface area contributed by atoms with Crippen molar-refractivity contribution in [1.82, 2.24) is 19.7 Å². The summed E-state index contributed by atoms with van der Waals surface area (Å²) < 4.78 is 24.5. The average Bonchev–Trinajstić information content (AvgIpc) is 3.60. The largest absolute Gasteiger partial charge is 0.497 e. The number of benzene rings is 2. The van der Waals surface area contributed by atoms with Crippen LogP contribution in [0.3, 0.4) is 0 Å². The molecule has 2 N–H and O–H groups in total. The van der Waals surface area contributed by atoms with Crippen LogP contribution in [0.25, 0.3) is 11.0 Å². The zero-order valence-corrected chi connectivity index (χ0v) is 25.0. The fourth-order valence-electron chi connectivity index (χ4n) is 4.81. The molecule has 3 heterocycles. The van der Waals surface area contributed by atoms with Crippen LogP contribution in [-0.4, -0.2) is 82.0 Å². The van der Waals surface area contributed by atoms with Crippen LogP contribution >= 0.6 is 0 Å². The Balaban J connectivity index is 1.35. The molecule has 0 spiro atoms. The van der Waals surface area contributed by atoms with Crippen LogP contribution < -0.4 is 19.5 Å². The Labute approximate surface area is 251 Å². The molecule has 1 aliphatic rings.